The van der Waals surface area contributed by atoms with Gasteiger partial charge in [-0.2, -0.15) is 0 Å². The van der Waals surface area contributed by atoms with Gasteiger partial charge in [0.05, 0.1) is 6.54 Å². The van der Waals surface area contributed by atoms with E-state index < -0.39 is 0 Å². The fourth-order valence-corrected chi connectivity index (χ4v) is 3.81. The molecular weight excluding hydrogens is 300 g/mol. The van der Waals surface area contributed by atoms with Gasteiger partial charge in [0, 0.05) is 24.4 Å². The van der Waals surface area contributed by atoms with Crippen LogP contribution in [-0.2, 0) is 11.2 Å². The van der Waals surface area contributed by atoms with Gasteiger partial charge < -0.3 is 15.8 Å². The Labute approximate surface area is 145 Å². The van der Waals surface area contributed by atoms with Crippen LogP contribution in [0.3, 0.4) is 0 Å². The Morgan fingerprint density at radius 1 is 1.29 bits per heavy atom. The Bertz CT molecular complexity index is 560. The number of hydrogen-bond donors (Lipinski definition) is 2. The van der Waals surface area contributed by atoms with Gasteiger partial charge in [-0.15, -0.1) is 0 Å². The van der Waals surface area contributed by atoms with E-state index in [-0.39, 0.29) is 5.54 Å². The number of nitrogens with one attached hydrogen (secondary N) is 1. The Balaban J connectivity index is 1.66. The van der Waals surface area contributed by atoms with Gasteiger partial charge in [-0.3, -0.25) is 9.89 Å². The lowest BCUT2D eigenvalue weighted by Crippen LogP contribution is -2.53. The zero-order valence-corrected chi connectivity index (χ0v) is 14.8. The van der Waals surface area contributed by atoms with Crippen LogP contribution in [0.2, 0.25) is 0 Å². The molecule has 0 aromatic heterocycles. The summed E-state index contributed by atoms with van der Waals surface area (Å²) in [5, 5.41) is 3.24. The molecule has 0 amide bonds. The molecule has 24 heavy (non-hydrogen) atoms. The summed E-state index contributed by atoms with van der Waals surface area (Å²) in [4.78, 5) is 7.32. The lowest BCUT2D eigenvalue weighted by molar-refractivity contribution is -0.0138. The molecule has 5 nitrogen and oxygen atoms in total. The second kappa shape index (κ2) is 7.99. The summed E-state index contributed by atoms with van der Waals surface area (Å²) in [6.07, 6.45) is 5.71. The molecule has 0 spiro atoms. The van der Waals surface area contributed by atoms with Gasteiger partial charge in [-0.25, -0.2) is 0 Å². The van der Waals surface area contributed by atoms with Gasteiger partial charge in [0.1, 0.15) is 0 Å². The maximum atomic E-state index is 6.16. The zero-order chi connectivity index (χ0) is 16.8. The number of anilines is 1. The highest BCUT2D eigenvalue weighted by Gasteiger charge is 2.39. The van der Waals surface area contributed by atoms with Gasteiger partial charge in [-0.05, 0) is 62.9 Å². The molecule has 2 aliphatic heterocycles. The van der Waals surface area contributed by atoms with Crippen molar-refractivity contribution in [1.82, 2.24) is 4.90 Å². The third-order valence-corrected chi connectivity index (χ3v) is 5.35. The fraction of sp³-hybridized carbons (Fsp3) is 0.632. The van der Waals surface area contributed by atoms with Crippen LogP contribution < -0.4 is 11.1 Å². The minimum absolute atomic E-state index is 0.131. The molecule has 0 saturated carbocycles. The molecular formula is C19H30N4O. The lowest BCUT2D eigenvalue weighted by Gasteiger charge is -2.43. The molecule has 5 heteroatoms. The van der Waals surface area contributed by atoms with E-state index in [0.29, 0.717) is 5.96 Å². The zero-order valence-electron chi connectivity index (χ0n) is 14.8. The first-order chi connectivity index (χ1) is 11.7. The van der Waals surface area contributed by atoms with Crippen molar-refractivity contribution in [2.45, 2.75) is 44.6 Å². The lowest BCUT2D eigenvalue weighted by atomic mass is 9.88. The minimum Gasteiger partial charge on any atom is -0.381 e. The molecule has 2 aliphatic rings. The van der Waals surface area contributed by atoms with Crippen molar-refractivity contribution in [3.05, 3.63) is 29.8 Å². The van der Waals surface area contributed by atoms with E-state index in [0.717, 1.165) is 44.7 Å². The molecule has 1 aromatic carbocycles. The number of aliphatic imine (C=N–C) groups is 1. The Kier molecular flexibility index (Phi) is 5.74. The van der Waals surface area contributed by atoms with E-state index in [1.807, 2.05) is 6.07 Å². The highest BCUT2D eigenvalue weighted by Crippen LogP contribution is 2.31. The number of ether oxygens (including phenoxy) is 1. The number of rotatable bonds is 5. The van der Waals surface area contributed by atoms with Crippen LogP contribution in [0, 0.1) is 0 Å². The normalized spacial score (nSPS) is 21.8. The summed E-state index contributed by atoms with van der Waals surface area (Å²) >= 11 is 0. The first-order valence-corrected chi connectivity index (χ1v) is 9.20. The van der Waals surface area contributed by atoms with Crippen LogP contribution in [0.15, 0.2) is 29.3 Å². The van der Waals surface area contributed by atoms with Gasteiger partial charge in [0.2, 0.25) is 0 Å². The van der Waals surface area contributed by atoms with Crippen molar-refractivity contribution in [1.29, 1.82) is 0 Å². The van der Waals surface area contributed by atoms with Crippen LogP contribution >= 0.6 is 0 Å². The Hall–Kier alpha value is -1.59. The minimum atomic E-state index is 0.131. The SMILES string of the molecule is CCc1cccc(NC(N)=NCC2(N3CCCC3)CCOCC2)c1. The van der Waals surface area contributed by atoms with Crippen molar-refractivity contribution in [3.63, 3.8) is 0 Å². The van der Waals surface area contributed by atoms with Gasteiger partial charge in [-0.1, -0.05) is 19.1 Å². The van der Waals surface area contributed by atoms with Crippen molar-refractivity contribution in [2.75, 3.05) is 38.2 Å². The molecule has 1 aromatic rings. The number of guanidine groups is 1. The van der Waals surface area contributed by atoms with Crippen LogP contribution in [0.5, 0.6) is 0 Å². The average Bonchev–Trinajstić information content (AvgIpc) is 3.16. The first kappa shape index (κ1) is 17.2. The largest absolute Gasteiger partial charge is 0.381 e. The summed E-state index contributed by atoms with van der Waals surface area (Å²) < 4.78 is 5.59. The quantitative estimate of drug-likeness (QED) is 0.643. The van der Waals surface area contributed by atoms with E-state index in [1.54, 1.807) is 0 Å². The predicted octanol–water partition coefficient (Wildman–Crippen LogP) is 2.62. The highest BCUT2D eigenvalue weighted by atomic mass is 16.5. The van der Waals surface area contributed by atoms with E-state index in [9.17, 15) is 0 Å². The average molecular weight is 330 g/mol. The molecule has 132 valence electrons. The topological polar surface area (TPSA) is 62.9 Å². The smallest absolute Gasteiger partial charge is 0.193 e. The number of hydrogen-bond acceptors (Lipinski definition) is 3. The summed E-state index contributed by atoms with van der Waals surface area (Å²) in [6.45, 7) is 6.93. The van der Waals surface area contributed by atoms with Crippen LogP contribution in [0.1, 0.15) is 38.2 Å². The standard InChI is InChI=1S/C19H30N4O/c1-2-16-6-5-7-17(14-16)22-18(20)21-15-19(8-12-24-13-9-19)23-10-3-4-11-23/h5-7,14H,2-4,8-13,15H2,1H3,(H3,20,21,22). The van der Waals surface area contributed by atoms with E-state index in [1.165, 1.54) is 31.5 Å². The van der Waals surface area contributed by atoms with Crippen LogP contribution in [-0.4, -0.2) is 49.2 Å². The molecule has 2 fully saturated rings. The summed E-state index contributed by atoms with van der Waals surface area (Å²) in [7, 11) is 0. The van der Waals surface area contributed by atoms with Gasteiger partial charge in [0.25, 0.3) is 0 Å². The monoisotopic (exact) mass is 330 g/mol. The second-order valence-corrected chi connectivity index (χ2v) is 6.91. The predicted molar refractivity (Wildman–Crippen MR) is 99.5 cm³/mol. The molecule has 0 bridgehead atoms. The summed E-state index contributed by atoms with van der Waals surface area (Å²) in [6, 6.07) is 8.35. The van der Waals surface area contributed by atoms with Gasteiger partial charge in [0.15, 0.2) is 5.96 Å². The molecule has 0 unspecified atom stereocenters. The van der Waals surface area contributed by atoms with Crippen molar-refractivity contribution < 1.29 is 4.74 Å². The Morgan fingerprint density at radius 3 is 2.75 bits per heavy atom. The van der Waals surface area contributed by atoms with E-state index >= 15 is 0 Å². The number of aryl methyl sites for hydroxylation is 1. The molecule has 2 saturated heterocycles. The van der Waals surface area contributed by atoms with Gasteiger partial charge >= 0.3 is 0 Å². The molecule has 2 heterocycles. The molecule has 0 radical (unpaired) electrons. The highest BCUT2D eigenvalue weighted by molar-refractivity contribution is 5.92. The first-order valence-electron chi connectivity index (χ1n) is 9.20. The van der Waals surface area contributed by atoms with Crippen molar-refractivity contribution in [3.8, 4) is 0 Å². The molecule has 0 aliphatic carbocycles. The maximum Gasteiger partial charge on any atom is 0.193 e. The van der Waals surface area contributed by atoms with Crippen molar-refractivity contribution >= 4 is 11.6 Å². The van der Waals surface area contributed by atoms with Crippen molar-refractivity contribution in [2.24, 2.45) is 10.7 Å². The van der Waals surface area contributed by atoms with Crippen LogP contribution in [0.4, 0.5) is 5.69 Å². The molecule has 3 rings (SSSR count). The Morgan fingerprint density at radius 2 is 2.04 bits per heavy atom. The van der Waals surface area contributed by atoms with E-state index in [2.05, 4.69) is 35.3 Å². The second-order valence-electron chi connectivity index (χ2n) is 6.91. The third kappa shape index (κ3) is 4.08. The molecule has 3 N–H and O–H groups in total. The third-order valence-electron chi connectivity index (χ3n) is 5.35. The summed E-state index contributed by atoms with van der Waals surface area (Å²) in [5.41, 5.74) is 8.60. The summed E-state index contributed by atoms with van der Waals surface area (Å²) in [5.74, 6) is 0.508. The number of nitrogens with two attached hydrogens (primary N) is 1. The number of likely N-dealkylation sites (tertiary alicyclic amines) is 1. The van der Waals surface area contributed by atoms with Crippen LogP contribution in [0.25, 0.3) is 0 Å². The number of nitrogens with zero attached hydrogens (tertiary/aromatic N) is 2. The number of benzene rings is 1. The van der Waals surface area contributed by atoms with E-state index in [4.69, 9.17) is 15.5 Å². The molecule has 0 atom stereocenters. The fourth-order valence-electron chi connectivity index (χ4n) is 3.81. The maximum absolute atomic E-state index is 6.16.